The second kappa shape index (κ2) is 10.5. The number of rotatable bonds is 7. The quantitative estimate of drug-likeness (QED) is 0.535. The van der Waals surface area contributed by atoms with Crippen molar-refractivity contribution in [3.63, 3.8) is 0 Å². The van der Waals surface area contributed by atoms with Crippen molar-refractivity contribution in [3.05, 3.63) is 34.4 Å². The lowest BCUT2D eigenvalue weighted by molar-refractivity contribution is -0.123. The first-order valence-corrected chi connectivity index (χ1v) is 12.9. The van der Waals surface area contributed by atoms with Crippen molar-refractivity contribution in [1.82, 2.24) is 20.3 Å². The highest BCUT2D eigenvalue weighted by Gasteiger charge is 2.32. The largest absolute Gasteiger partial charge is 0.493 e. The van der Waals surface area contributed by atoms with Crippen LogP contribution in [-0.2, 0) is 21.2 Å². The first-order chi connectivity index (χ1) is 16.1. The van der Waals surface area contributed by atoms with Gasteiger partial charge in [0.05, 0.1) is 18.0 Å². The lowest BCUT2D eigenvalue weighted by atomic mass is 9.89. The van der Waals surface area contributed by atoms with Gasteiger partial charge >= 0.3 is 12.1 Å². The van der Waals surface area contributed by atoms with Gasteiger partial charge in [-0.25, -0.2) is 22.7 Å². The number of amides is 5. The van der Waals surface area contributed by atoms with Crippen LogP contribution >= 0.6 is 0 Å². The predicted molar refractivity (Wildman–Crippen MR) is 126 cm³/mol. The molecule has 186 valence electrons. The van der Waals surface area contributed by atoms with Crippen LogP contribution in [0, 0.1) is 0 Å². The standard InChI is InChI=1S/C23H32N4O6S/c1-5-15-11-19-18(12-20(15)34(31,32)26-22(29)24-4)16(8-10-33-19)7-9-25-23(30)27-13-14(3)17(6-2)21(27)28/h11-12,16H,5-10,13H2,1-4H3,(H,25,30)(H2,24,26,29). The molecule has 0 radical (unpaired) electrons. The topological polar surface area (TPSA) is 134 Å². The normalized spacial score (nSPS) is 17.8. The summed E-state index contributed by atoms with van der Waals surface area (Å²) >= 11 is 0. The summed E-state index contributed by atoms with van der Waals surface area (Å²) in [7, 11) is -2.73. The van der Waals surface area contributed by atoms with E-state index in [2.05, 4.69) is 10.6 Å². The van der Waals surface area contributed by atoms with Gasteiger partial charge in [-0.2, -0.15) is 0 Å². The number of carbonyl (C=O) groups is 3. The average molecular weight is 493 g/mol. The zero-order chi connectivity index (χ0) is 25.0. The Morgan fingerprint density at radius 2 is 1.94 bits per heavy atom. The van der Waals surface area contributed by atoms with Crippen molar-refractivity contribution >= 4 is 28.0 Å². The van der Waals surface area contributed by atoms with E-state index in [-0.39, 0.29) is 16.7 Å². The van der Waals surface area contributed by atoms with Crippen LogP contribution in [0.25, 0.3) is 0 Å². The minimum absolute atomic E-state index is 0.0354. The Labute approximate surface area is 200 Å². The molecule has 2 heterocycles. The molecule has 2 aliphatic heterocycles. The molecule has 2 aliphatic rings. The molecule has 0 saturated carbocycles. The molecule has 1 aromatic rings. The fourth-order valence-corrected chi connectivity index (χ4v) is 5.69. The highest BCUT2D eigenvalue weighted by atomic mass is 32.2. The predicted octanol–water partition coefficient (Wildman–Crippen LogP) is 2.40. The molecule has 10 nitrogen and oxygen atoms in total. The minimum Gasteiger partial charge on any atom is -0.493 e. The minimum atomic E-state index is -4.07. The van der Waals surface area contributed by atoms with Crippen molar-refractivity contribution in [2.45, 2.75) is 57.3 Å². The van der Waals surface area contributed by atoms with Crippen LogP contribution in [0.4, 0.5) is 9.59 Å². The fraction of sp³-hybridized carbons (Fsp3) is 0.522. The number of imide groups is 1. The Bertz CT molecular complexity index is 1130. The Hall–Kier alpha value is -3.08. The van der Waals surface area contributed by atoms with E-state index >= 15 is 0 Å². The molecule has 0 aromatic heterocycles. The van der Waals surface area contributed by atoms with E-state index in [9.17, 15) is 22.8 Å². The third kappa shape index (κ3) is 5.19. The number of hydrogen-bond acceptors (Lipinski definition) is 6. The molecule has 0 bridgehead atoms. The zero-order valence-corrected chi connectivity index (χ0v) is 20.8. The maximum atomic E-state index is 12.8. The van der Waals surface area contributed by atoms with E-state index in [4.69, 9.17) is 4.74 Å². The van der Waals surface area contributed by atoms with Crippen molar-refractivity contribution in [2.24, 2.45) is 0 Å². The molecule has 11 heteroatoms. The van der Waals surface area contributed by atoms with E-state index in [1.165, 1.54) is 11.9 Å². The molecule has 1 unspecified atom stereocenters. The van der Waals surface area contributed by atoms with Gasteiger partial charge in [0.15, 0.2) is 0 Å². The monoisotopic (exact) mass is 492 g/mol. The Balaban J connectivity index is 1.74. The summed E-state index contributed by atoms with van der Waals surface area (Å²) in [6.45, 7) is 6.68. The van der Waals surface area contributed by atoms with Crippen LogP contribution in [0.5, 0.6) is 5.75 Å². The number of nitrogens with zero attached hydrogens (tertiary/aromatic N) is 1. The SMILES string of the molecule is CCC1=C(C)CN(C(=O)NCCC2CCOc3cc(CC)c(S(=O)(=O)NC(=O)NC)cc32)C1=O. The molecule has 0 aliphatic carbocycles. The van der Waals surface area contributed by atoms with E-state index in [1.54, 1.807) is 12.1 Å². The fourth-order valence-electron chi connectivity index (χ4n) is 4.40. The number of carbonyl (C=O) groups excluding carboxylic acids is 3. The Morgan fingerprint density at radius 1 is 1.21 bits per heavy atom. The van der Waals surface area contributed by atoms with Crippen LogP contribution < -0.4 is 20.1 Å². The molecular weight excluding hydrogens is 460 g/mol. The first-order valence-electron chi connectivity index (χ1n) is 11.4. The number of benzene rings is 1. The number of nitrogens with one attached hydrogen (secondary N) is 3. The van der Waals surface area contributed by atoms with Crippen molar-refractivity contribution in [1.29, 1.82) is 0 Å². The molecule has 1 atom stereocenters. The summed E-state index contributed by atoms with van der Waals surface area (Å²) in [5, 5.41) is 5.06. The van der Waals surface area contributed by atoms with Gasteiger partial charge < -0.3 is 15.4 Å². The van der Waals surface area contributed by atoms with Gasteiger partial charge in [-0.05, 0) is 67.4 Å². The molecule has 0 fully saturated rings. The van der Waals surface area contributed by atoms with Crippen LogP contribution in [0.15, 0.2) is 28.2 Å². The van der Waals surface area contributed by atoms with Gasteiger partial charge in [0.25, 0.3) is 15.9 Å². The number of ether oxygens (including phenoxy) is 1. The zero-order valence-electron chi connectivity index (χ0n) is 20.0. The number of sulfonamides is 1. The van der Waals surface area contributed by atoms with Crippen LogP contribution in [0.2, 0.25) is 0 Å². The summed E-state index contributed by atoms with van der Waals surface area (Å²) in [4.78, 5) is 37.9. The van der Waals surface area contributed by atoms with Gasteiger partial charge in [0, 0.05) is 19.2 Å². The summed E-state index contributed by atoms with van der Waals surface area (Å²) in [5.74, 6) is 0.309. The van der Waals surface area contributed by atoms with E-state index < -0.39 is 22.1 Å². The molecule has 1 aromatic carbocycles. The molecule has 3 rings (SSSR count). The van der Waals surface area contributed by atoms with E-state index in [1.807, 2.05) is 25.5 Å². The Kier molecular flexibility index (Phi) is 7.86. The molecular formula is C23H32N4O6S. The van der Waals surface area contributed by atoms with Gasteiger partial charge in [0.1, 0.15) is 5.75 Å². The molecule has 34 heavy (non-hydrogen) atoms. The summed E-state index contributed by atoms with van der Waals surface area (Å²) < 4.78 is 33.4. The number of aryl methyl sites for hydroxylation is 1. The number of urea groups is 2. The summed E-state index contributed by atoms with van der Waals surface area (Å²) in [6, 6.07) is 2.03. The number of hydrogen-bond donors (Lipinski definition) is 3. The Morgan fingerprint density at radius 3 is 2.56 bits per heavy atom. The van der Waals surface area contributed by atoms with Crippen molar-refractivity contribution < 1.29 is 27.5 Å². The first kappa shape index (κ1) is 25.5. The highest BCUT2D eigenvalue weighted by molar-refractivity contribution is 7.90. The lowest BCUT2D eigenvalue weighted by Gasteiger charge is -2.28. The molecule has 0 spiro atoms. The maximum absolute atomic E-state index is 12.8. The second-order valence-electron chi connectivity index (χ2n) is 8.39. The highest BCUT2D eigenvalue weighted by Crippen LogP contribution is 2.39. The maximum Gasteiger partial charge on any atom is 0.328 e. The third-order valence-electron chi connectivity index (χ3n) is 6.26. The van der Waals surface area contributed by atoms with Crippen LogP contribution in [0.1, 0.15) is 57.1 Å². The second-order valence-corrected chi connectivity index (χ2v) is 10.0. The molecule has 5 amide bonds. The lowest BCUT2D eigenvalue weighted by Crippen LogP contribution is -2.42. The smallest absolute Gasteiger partial charge is 0.328 e. The van der Waals surface area contributed by atoms with Gasteiger partial charge in [-0.15, -0.1) is 0 Å². The third-order valence-corrected chi connectivity index (χ3v) is 7.68. The van der Waals surface area contributed by atoms with Gasteiger partial charge in [0.2, 0.25) is 0 Å². The average Bonchev–Trinajstić information content (AvgIpc) is 3.10. The van der Waals surface area contributed by atoms with Crippen molar-refractivity contribution in [3.8, 4) is 5.75 Å². The number of fused-ring (bicyclic) bond motifs is 1. The van der Waals surface area contributed by atoms with Crippen LogP contribution in [-0.4, -0.2) is 58.0 Å². The molecule has 0 saturated heterocycles. The van der Waals surface area contributed by atoms with E-state index in [0.717, 1.165) is 11.1 Å². The van der Waals surface area contributed by atoms with Gasteiger partial charge in [-0.1, -0.05) is 13.8 Å². The van der Waals surface area contributed by atoms with Gasteiger partial charge in [-0.3, -0.25) is 9.69 Å². The van der Waals surface area contributed by atoms with E-state index in [0.29, 0.717) is 62.3 Å². The van der Waals surface area contributed by atoms with Crippen molar-refractivity contribution in [2.75, 3.05) is 26.7 Å². The van der Waals surface area contributed by atoms with Crippen LogP contribution in [0.3, 0.4) is 0 Å². The molecule has 3 N–H and O–H groups in total. The summed E-state index contributed by atoms with van der Waals surface area (Å²) in [6.07, 6.45) is 2.23. The summed E-state index contributed by atoms with van der Waals surface area (Å²) in [5.41, 5.74) is 2.86.